The van der Waals surface area contributed by atoms with Gasteiger partial charge in [-0.1, -0.05) is 6.07 Å². The first-order chi connectivity index (χ1) is 7.13. The fourth-order valence-electron chi connectivity index (χ4n) is 1.62. The summed E-state index contributed by atoms with van der Waals surface area (Å²) in [6.45, 7) is 1.93. The van der Waals surface area contributed by atoms with Gasteiger partial charge in [-0.25, -0.2) is 4.79 Å². The molecule has 2 rings (SSSR count). The maximum atomic E-state index is 10.8. The Kier molecular flexibility index (Phi) is 2.11. The van der Waals surface area contributed by atoms with Crippen LogP contribution in [0.4, 0.5) is 0 Å². The largest absolute Gasteiger partial charge is 0.495 e. The van der Waals surface area contributed by atoms with Crippen molar-refractivity contribution in [2.75, 3.05) is 7.11 Å². The molecule has 0 aliphatic carbocycles. The Morgan fingerprint density at radius 3 is 2.80 bits per heavy atom. The monoisotopic (exact) mass is 205 g/mol. The lowest BCUT2D eigenvalue weighted by Crippen LogP contribution is -1.95. The number of rotatable bonds is 2. The van der Waals surface area contributed by atoms with Crippen LogP contribution < -0.4 is 4.74 Å². The Labute approximate surface area is 86.5 Å². The molecule has 0 saturated carbocycles. The number of carbonyl (C=O) groups is 1. The van der Waals surface area contributed by atoms with Crippen molar-refractivity contribution in [3.8, 4) is 5.75 Å². The summed E-state index contributed by atoms with van der Waals surface area (Å²) in [5, 5.41) is 9.75. The average Bonchev–Trinajstić information content (AvgIpc) is 2.64. The van der Waals surface area contributed by atoms with E-state index in [2.05, 4.69) is 4.98 Å². The Hall–Kier alpha value is -1.97. The quantitative estimate of drug-likeness (QED) is 0.789. The number of carboxylic acids is 1. The number of carboxylic acid groups (broad SMARTS) is 1. The molecule has 0 fully saturated rings. The Morgan fingerprint density at radius 1 is 1.47 bits per heavy atom. The number of benzene rings is 1. The molecule has 0 aliphatic heterocycles. The van der Waals surface area contributed by atoms with E-state index in [0.717, 1.165) is 16.5 Å². The van der Waals surface area contributed by atoms with Gasteiger partial charge in [0.25, 0.3) is 0 Å². The Bertz CT molecular complexity index is 528. The summed E-state index contributed by atoms with van der Waals surface area (Å²) in [6, 6.07) is 5.34. The molecule has 2 aromatic rings. The van der Waals surface area contributed by atoms with Crippen molar-refractivity contribution in [2.24, 2.45) is 0 Å². The highest BCUT2D eigenvalue weighted by Gasteiger charge is 2.11. The Morgan fingerprint density at radius 2 is 2.20 bits per heavy atom. The number of ether oxygens (including phenoxy) is 1. The third kappa shape index (κ3) is 1.44. The lowest BCUT2D eigenvalue weighted by molar-refractivity contribution is 0.0691. The van der Waals surface area contributed by atoms with Crippen LogP contribution in [0.2, 0.25) is 0 Å². The number of methoxy groups -OCH3 is 1. The molecule has 0 spiro atoms. The van der Waals surface area contributed by atoms with Crippen LogP contribution in [-0.2, 0) is 0 Å². The van der Waals surface area contributed by atoms with E-state index in [4.69, 9.17) is 9.84 Å². The van der Waals surface area contributed by atoms with Crippen LogP contribution in [0.5, 0.6) is 5.75 Å². The molecular formula is C11H11NO3. The van der Waals surface area contributed by atoms with E-state index in [1.54, 1.807) is 13.2 Å². The Balaban J connectivity index is 2.77. The molecule has 2 N–H and O–H groups in total. The maximum Gasteiger partial charge on any atom is 0.352 e. The van der Waals surface area contributed by atoms with Crippen molar-refractivity contribution in [1.82, 2.24) is 4.98 Å². The summed E-state index contributed by atoms with van der Waals surface area (Å²) in [7, 11) is 1.56. The van der Waals surface area contributed by atoms with Crippen LogP contribution in [0, 0.1) is 6.92 Å². The molecule has 0 saturated heterocycles. The van der Waals surface area contributed by atoms with Gasteiger partial charge in [-0.2, -0.15) is 0 Å². The number of aryl methyl sites for hydroxylation is 1. The van der Waals surface area contributed by atoms with Gasteiger partial charge in [0.2, 0.25) is 0 Å². The fourth-order valence-corrected chi connectivity index (χ4v) is 1.62. The van der Waals surface area contributed by atoms with Gasteiger partial charge in [-0.3, -0.25) is 0 Å². The van der Waals surface area contributed by atoms with Crippen LogP contribution in [0.3, 0.4) is 0 Å². The fraction of sp³-hybridized carbons (Fsp3) is 0.182. The number of aromatic carboxylic acids is 1. The van der Waals surface area contributed by atoms with E-state index in [9.17, 15) is 4.79 Å². The summed E-state index contributed by atoms with van der Waals surface area (Å²) in [5.74, 6) is -0.309. The minimum absolute atomic E-state index is 0.178. The van der Waals surface area contributed by atoms with E-state index < -0.39 is 5.97 Å². The smallest absolute Gasteiger partial charge is 0.352 e. The van der Waals surface area contributed by atoms with E-state index in [-0.39, 0.29) is 5.69 Å². The van der Waals surface area contributed by atoms with Crippen molar-refractivity contribution in [1.29, 1.82) is 0 Å². The molecule has 1 aromatic heterocycles. The van der Waals surface area contributed by atoms with E-state index in [0.29, 0.717) is 5.75 Å². The predicted octanol–water partition coefficient (Wildman–Crippen LogP) is 2.18. The summed E-state index contributed by atoms with van der Waals surface area (Å²) < 4.78 is 5.15. The van der Waals surface area contributed by atoms with Gasteiger partial charge in [-0.15, -0.1) is 0 Å². The molecular weight excluding hydrogens is 194 g/mol. The molecule has 0 atom stereocenters. The summed E-state index contributed by atoms with van der Waals surface area (Å²) >= 11 is 0. The number of hydrogen-bond acceptors (Lipinski definition) is 2. The number of aromatic amines is 1. The number of aromatic nitrogens is 1. The lowest BCUT2D eigenvalue weighted by Gasteiger charge is -2.02. The highest BCUT2D eigenvalue weighted by Crippen LogP contribution is 2.28. The SMILES string of the molecule is COc1ccc(C)c2cc(C(=O)O)[nH]c12. The van der Waals surface area contributed by atoms with Crippen molar-refractivity contribution in [3.63, 3.8) is 0 Å². The average molecular weight is 205 g/mol. The standard InChI is InChI=1S/C11H11NO3/c1-6-3-4-9(15-2)10-7(6)5-8(12-10)11(13)14/h3-5,12H,1-2H3,(H,13,14). The van der Waals surface area contributed by atoms with Gasteiger partial charge in [0.15, 0.2) is 0 Å². The molecule has 0 bridgehead atoms. The number of H-pyrrole nitrogens is 1. The van der Waals surface area contributed by atoms with Gasteiger partial charge in [0.05, 0.1) is 12.6 Å². The molecule has 0 unspecified atom stereocenters. The highest BCUT2D eigenvalue weighted by atomic mass is 16.5. The minimum atomic E-state index is -0.965. The van der Waals surface area contributed by atoms with Gasteiger partial charge in [0.1, 0.15) is 11.4 Å². The first kappa shape index (κ1) is 9.58. The van der Waals surface area contributed by atoms with Crippen molar-refractivity contribution in [3.05, 3.63) is 29.5 Å². The second-order valence-electron chi connectivity index (χ2n) is 3.36. The molecule has 78 valence electrons. The first-order valence-corrected chi connectivity index (χ1v) is 4.53. The molecule has 0 radical (unpaired) electrons. The number of hydrogen-bond donors (Lipinski definition) is 2. The second kappa shape index (κ2) is 3.31. The van der Waals surface area contributed by atoms with Crippen molar-refractivity contribution < 1.29 is 14.6 Å². The zero-order valence-electron chi connectivity index (χ0n) is 8.50. The highest BCUT2D eigenvalue weighted by molar-refractivity contribution is 5.97. The molecule has 4 nitrogen and oxygen atoms in total. The van der Waals surface area contributed by atoms with Crippen LogP contribution in [0.25, 0.3) is 10.9 Å². The summed E-state index contributed by atoms with van der Waals surface area (Å²) in [6.07, 6.45) is 0. The third-order valence-electron chi connectivity index (χ3n) is 2.42. The van der Waals surface area contributed by atoms with Gasteiger partial charge >= 0.3 is 5.97 Å². The number of fused-ring (bicyclic) bond motifs is 1. The zero-order chi connectivity index (χ0) is 11.0. The topological polar surface area (TPSA) is 62.3 Å². The first-order valence-electron chi connectivity index (χ1n) is 4.53. The van der Waals surface area contributed by atoms with E-state index in [1.165, 1.54) is 0 Å². The second-order valence-corrected chi connectivity index (χ2v) is 3.36. The zero-order valence-corrected chi connectivity index (χ0v) is 8.50. The predicted molar refractivity (Wildman–Crippen MR) is 56.5 cm³/mol. The molecule has 1 aromatic carbocycles. The number of nitrogens with one attached hydrogen (secondary N) is 1. The van der Waals surface area contributed by atoms with Crippen LogP contribution in [0.15, 0.2) is 18.2 Å². The normalized spacial score (nSPS) is 10.5. The van der Waals surface area contributed by atoms with Gasteiger partial charge in [-0.05, 0) is 24.6 Å². The molecule has 4 heteroatoms. The van der Waals surface area contributed by atoms with Crippen LogP contribution in [-0.4, -0.2) is 23.2 Å². The van der Waals surface area contributed by atoms with Gasteiger partial charge in [0, 0.05) is 5.39 Å². The molecule has 1 heterocycles. The summed E-state index contributed by atoms with van der Waals surface area (Å²) in [5.41, 5.74) is 1.93. The minimum Gasteiger partial charge on any atom is -0.495 e. The molecule has 0 aliphatic rings. The maximum absolute atomic E-state index is 10.8. The van der Waals surface area contributed by atoms with Gasteiger partial charge < -0.3 is 14.8 Å². The third-order valence-corrected chi connectivity index (χ3v) is 2.42. The van der Waals surface area contributed by atoms with Crippen molar-refractivity contribution >= 4 is 16.9 Å². The lowest BCUT2D eigenvalue weighted by atomic mass is 10.1. The summed E-state index contributed by atoms with van der Waals surface area (Å²) in [4.78, 5) is 13.6. The van der Waals surface area contributed by atoms with Crippen LogP contribution in [0.1, 0.15) is 16.1 Å². The van der Waals surface area contributed by atoms with Crippen LogP contribution >= 0.6 is 0 Å². The molecule has 0 amide bonds. The molecule has 15 heavy (non-hydrogen) atoms. The van der Waals surface area contributed by atoms with E-state index >= 15 is 0 Å². The van der Waals surface area contributed by atoms with Crippen molar-refractivity contribution in [2.45, 2.75) is 6.92 Å². The van der Waals surface area contributed by atoms with E-state index in [1.807, 2.05) is 19.1 Å².